The first-order valence-electron chi connectivity index (χ1n) is 6.86. The number of nitrogens with zero attached hydrogens (tertiary/aromatic N) is 1. The van der Waals surface area contributed by atoms with Gasteiger partial charge in [0, 0.05) is 6.54 Å². The molecule has 0 aromatic heterocycles. The van der Waals surface area contributed by atoms with Crippen molar-refractivity contribution in [2.45, 2.75) is 25.7 Å². The van der Waals surface area contributed by atoms with E-state index < -0.39 is 18.2 Å². The maximum Gasteiger partial charge on any atom is 0.334 e. The minimum Gasteiger partial charge on any atom is -0.479 e. The van der Waals surface area contributed by atoms with Crippen LogP contribution < -0.4 is 0 Å². The largest absolute Gasteiger partial charge is 0.479 e. The predicted molar refractivity (Wildman–Crippen MR) is 74.6 cm³/mol. The zero-order valence-corrected chi connectivity index (χ0v) is 11.9. The van der Waals surface area contributed by atoms with Gasteiger partial charge in [0.2, 0.25) is 0 Å². The van der Waals surface area contributed by atoms with Crippen LogP contribution in [-0.4, -0.2) is 53.8 Å². The van der Waals surface area contributed by atoms with E-state index in [9.17, 15) is 9.59 Å². The second-order valence-electron chi connectivity index (χ2n) is 4.92. The van der Waals surface area contributed by atoms with E-state index in [1.54, 1.807) is 6.92 Å². The van der Waals surface area contributed by atoms with Gasteiger partial charge in [-0.1, -0.05) is 30.3 Å². The van der Waals surface area contributed by atoms with Crippen molar-refractivity contribution < 1.29 is 24.2 Å². The first-order chi connectivity index (χ1) is 10.1. The van der Waals surface area contributed by atoms with Crippen molar-refractivity contribution in [1.82, 2.24) is 4.90 Å². The van der Waals surface area contributed by atoms with Crippen LogP contribution >= 0.6 is 0 Å². The van der Waals surface area contributed by atoms with E-state index in [0.29, 0.717) is 13.2 Å². The first kappa shape index (κ1) is 15.5. The minimum atomic E-state index is -1.05. The maximum absolute atomic E-state index is 12.2. The lowest BCUT2D eigenvalue weighted by molar-refractivity contribution is -0.163. The summed E-state index contributed by atoms with van der Waals surface area (Å²) in [5, 5.41) is 8.93. The monoisotopic (exact) mass is 293 g/mol. The quantitative estimate of drug-likeness (QED) is 0.873. The molecule has 0 unspecified atom stereocenters. The van der Waals surface area contributed by atoms with Crippen LogP contribution in [0.2, 0.25) is 0 Å². The molecule has 1 amide bonds. The Morgan fingerprint density at radius 2 is 2.14 bits per heavy atom. The number of carboxylic acid groups (broad SMARTS) is 1. The molecule has 1 fully saturated rings. The summed E-state index contributed by atoms with van der Waals surface area (Å²) in [5.74, 6) is -1.26. The molecule has 114 valence electrons. The third-order valence-corrected chi connectivity index (χ3v) is 3.34. The van der Waals surface area contributed by atoms with Crippen molar-refractivity contribution in [3.63, 3.8) is 0 Å². The summed E-state index contributed by atoms with van der Waals surface area (Å²) >= 11 is 0. The van der Waals surface area contributed by atoms with Gasteiger partial charge in [-0.3, -0.25) is 4.79 Å². The van der Waals surface area contributed by atoms with Gasteiger partial charge in [0.15, 0.2) is 6.10 Å². The highest BCUT2D eigenvalue weighted by molar-refractivity contribution is 5.82. The second kappa shape index (κ2) is 7.19. The van der Waals surface area contributed by atoms with Crippen molar-refractivity contribution in [1.29, 1.82) is 0 Å². The molecule has 1 saturated heterocycles. The molecule has 6 heteroatoms. The third kappa shape index (κ3) is 4.27. The Morgan fingerprint density at radius 3 is 2.81 bits per heavy atom. The SMILES string of the molecule is C[C@H](OCc1ccccc1)C(=O)N1CCO[C@@H](C(=O)O)C1. The minimum absolute atomic E-state index is 0.0627. The van der Waals surface area contributed by atoms with E-state index in [1.807, 2.05) is 30.3 Å². The second-order valence-corrected chi connectivity index (χ2v) is 4.92. The van der Waals surface area contributed by atoms with Crippen LogP contribution in [0.1, 0.15) is 12.5 Å². The summed E-state index contributed by atoms with van der Waals surface area (Å²) in [5.41, 5.74) is 0.988. The van der Waals surface area contributed by atoms with Gasteiger partial charge >= 0.3 is 5.97 Å². The number of ether oxygens (including phenoxy) is 2. The van der Waals surface area contributed by atoms with E-state index >= 15 is 0 Å². The third-order valence-electron chi connectivity index (χ3n) is 3.34. The first-order valence-corrected chi connectivity index (χ1v) is 6.86. The van der Waals surface area contributed by atoms with E-state index in [1.165, 1.54) is 4.90 Å². The fourth-order valence-electron chi connectivity index (χ4n) is 2.12. The van der Waals surface area contributed by atoms with Gasteiger partial charge in [-0.25, -0.2) is 4.79 Å². The van der Waals surface area contributed by atoms with E-state index in [4.69, 9.17) is 14.6 Å². The Balaban J connectivity index is 1.85. The highest BCUT2D eigenvalue weighted by atomic mass is 16.5. The van der Waals surface area contributed by atoms with Crippen LogP contribution in [0.3, 0.4) is 0 Å². The van der Waals surface area contributed by atoms with E-state index in [-0.39, 0.29) is 19.1 Å². The fraction of sp³-hybridized carbons (Fsp3) is 0.467. The average molecular weight is 293 g/mol. The van der Waals surface area contributed by atoms with Crippen molar-refractivity contribution in [3.05, 3.63) is 35.9 Å². The molecule has 1 aromatic carbocycles. The summed E-state index contributed by atoms with van der Waals surface area (Å²) in [4.78, 5) is 24.6. The van der Waals surface area contributed by atoms with Gasteiger partial charge in [0.25, 0.3) is 5.91 Å². The number of carbonyl (C=O) groups is 2. The predicted octanol–water partition coefficient (Wildman–Crippen LogP) is 0.904. The van der Waals surface area contributed by atoms with Crippen LogP contribution in [0.5, 0.6) is 0 Å². The molecule has 1 N–H and O–H groups in total. The Bertz CT molecular complexity index is 490. The van der Waals surface area contributed by atoms with Crippen LogP contribution in [0.4, 0.5) is 0 Å². The van der Waals surface area contributed by atoms with Gasteiger partial charge < -0.3 is 19.5 Å². The summed E-state index contributed by atoms with van der Waals surface area (Å²) in [6.45, 7) is 2.71. The number of benzene rings is 1. The summed E-state index contributed by atoms with van der Waals surface area (Å²) in [7, 11) is 0. The zero-order chi connectivity index (χ0) is 15.2. The highest BCUT2D eigenvalue weighted by Gasteiger charge is 2.31. The van der Waals surface area contributed by atoms with Gasteiger partial charge in [-0.15, -0.1) is 0 Å². The van der Waals surface area contributed by atoms with Crippen molar-refractivity contribution >= 4 is 11.9 Å². The molecule has 1 aliphatic rings. The standard InChI is InChI=1S/C15H19NO5/c1-11(21-10-12-5-3-2-4-6-12)14(17)16-7-8-20-13(9-16)15(18)19/h2-6,11,13H,7-10H2,1H3,(H,18,19)/t11-,13+/m0/s1. The summed E-state index contributed by atoms with van der Waals surface area (Å²) in [6.07, 6.45) is -1.57. The topological polar surface area (TPSA) is 76.1 Å². The van der Waals surface area contributed by atoms with Gasteiger partial charge in [0.05, 0.1) is 19.8 Å². The number of hydrogen-bond acceptors (Lipinski definition) is 4. The van der Waals surface area contributed by atoms with Crippen LogP contribution in [0.15, 0.2) is 30.3 Å². The number of carbonyl (C=O) groups excluding carboxylic acids is 1. The number of carboxylic acids is 1. The van der Waals surface area contributed by atoms with Crippen molar-refractivity contribution in [2.24, 2.45) is 0 Å². The Labute approximate surface area is 123 Å². The lowest BCUT2D eigenvalue weighted by Crippen LogP contribution is -2.51. The molecule has 0 radical (unpaired) electrons. The molecule has 0 aliphatic carbocycles. The smallest absolute Gasteiger partial charge is 0.334 e. The molecule has 1 aromatic rings. The Kier molecular flexibility index (Phi) is 5.30. The van der Waals surface area contributed by atoms with Crippen LogP contribution in [0.25, 0.3) is 0 Å². The molecular weight excluding hydrogens is 274 g/mol. The molecular formula is C15H19NO5. The van der Waals surface area contributed by atoms with Crippen molar-refractivity contribution in [2.75, 3.05) is 19.7 Å². The molecule has 2 atom stereocenters. The molecule has 0 bridgehead atoms. The zero-order valence-electron chi connectivity index (χ0n) is 11.9. The maximum atomic E-state index is 12.2. The number of amides is 1. The summed E-state index contributed by atoms with van der Waals surface area (Å²) in [6, 6.07) is 9.58. The fourth-order valence-corrected chi connectivity index (χ4v) is 2.12. The Morgan fingerprint density at radius 1 is 1.43 bits per heavy atom. The summed E-state index contributed by atoms with van der Waals surface area (Å²) < 4.78 is 10.7. The molecule has 2 rings (SSSR count). The lowest BCUT2D eigenvalue weighted by atomic mass is 10.2. The average Bonchev–Trinajstić information content (AvgIpc) is 2.53. The molecule has 1 aliphatic heterocycles. The van der Waals surface area contributed by atoms with Crippen LogP contribution in [-0.2, 0) is 25.7 Å². The molecule has 21 heavy (non-hydrogen) atoms. The van der Waals surface area contributed by atoms with Gasteiger partial charge in [-0.2, -0.15) is 0 Å². The normalized spacial score (nSPS) is 20.0. The Hall–Kier alpha value is -1.92. The molecule has 6 nitrogen and oxygen atoms in total. The van der Waals surface area contributed by atoms with Crippen LogP contribution in [0, 0.1) is 0 Å². The number of rotatable bonds is 5. The molecule has 0 spiro atoms. The van der Waals surface area contributed by atoms with E-state index in [2.05, 4.69) is 0 Å². The lowest BCUT2D eigenvalue weighted by Gasteiger charge is -2.32. The number of hydrogen-bond donors (Lipinski definition) is 1. The molecule has 0 saturated carbocycles. The number of morpholine rings is 1. The van der Waals surface area contributed by atoms with E-state index in [0.717, 1.165) is 5.56 Å². The van der Waals surface area contributed by atoms with Gasteiger partial charge in [-0.05, 0) is 12.5 Å². The van der Waals surface area contributed by atoms with Crippen molar-refractivity contribution in [3.8, 4) is 0 Å². The molecule has 1 heterocycles. The highest BCUT2D eigenvalue weighted by Crippen LogP contribution is 2.10. The van der Waals surface area contributed by atoms with Gasteiger partial charge in [0.1, 0.15) is 6.10 Å². The number of aliphatic carboxylic acids is 1.